The van der Waals surface area contributed by atoms with Gasteiger partial charge in [0.25, 0.3) is 0 Å². The van der Waals surface area contributed by atoms with Crippen LogP contribution in [0.15, 0.2) is 18.2 Å². The Morgan fingerprint density at radius 3 is 2.67 bits per heavy atom. The first-order chi connectivity index (χ1) is 10.2. The summed E-state index contributed by atoms with van der Waals surface area (Å²) in [5, 5.41) is 5.03. The van der Waals surface area contributed by atoms with E-state index in [1.165, 1.54) is 32.1 Å². The summed E-state index contributed by atoms with van der Waals surface area (Å²) >= 11 is 12.3. The van der Waals surface area contributed by atoms with Crippen molar-refractivity contribution in [3.05, 3.63) is 28.2 Å². The van der Waals surface area contributed by atoms with E-state index in [0.29, 0.717) is 27.6 Å². The molecule has 2 nitrogen and oxygen atoms in total. The maximum atomic E-state index is 6.30. The van der Waals surface area contributed by atoms with Gasteiger partial charge >= 0.3 is 0 Å². The van der Waals surface area contributed by atoms with E-state index >= 15 is 0 Å². The number of benzene rings is 1. The Balaban J connectivity index is 1.75. The lowest BCUT2D eigenvalue weighted by Gasteiger charge is -2.58. The van der Waals surface area contributed by atoms with Gasteiger partial charge in [-0.2, -0.15) is 0 Å². The zero-order valence-corrected chi connectivity index (χ0v) is 14.0. The molecule has 4 heteroatoms. The first-order valence-electron chi connectivity index (χ1n) is 7.99. The number of ether oxygens (including phenoxy) is 1. The molecule has 0 aromatic heterocycles. The predicted molar refractivity (Wildman–Crippen MR) is 89.4 cm³/mol. The SMILES string of the molecule is CCOC1CC(Nc2ccc(Cl)cc2Cl)C12CCCCC2. The second-order valence-electron chi connectivity index (χ2n) is 6.29. The minimum Gasteiger partial charge on any atom is -0.380 e. The molecule has 0 heterocycles. The van der Waals surface area contributed by atoms with Crippen LogP contribution in [0, 0.1) is 5.41 Å². The fourth-order valence-electron chi connectivity index (χ4n) is 4.06. The Bertz CT molecular complexity index is 500. The molecule has 1 spiro atoms. The van der Waals surface area contributed by atoms with Crippen LogP contribution in [0.2, 0.25) is 10.0 Å². The summed E-state index contributed by atoms with van der Waals surface area (Å²) in [7, 11) is 0. The molecule has 1 aromatic rings. The van der Waals surface area contributed by atoms with Gasteiger partial charge in [0.1, 0.15) is 0 Å². The molecule has 0 aliphatic heterocycles. The van der Waals surface area contributed by atoms with Gasteiger partial charge in [0.2, 0.25) is 0 Å². The van der Waals surface area contributed by atoms with Crippen LogP contribution in [-0.2, 0) is 4.74 Å². The molecule has 2 aliphatic carbocycles. The number of hydrogen-bond donors (Lipinski definition) is 1. The molecule has 21 heavy (non-hydrogen) atoms. The summed E-state index contributed by atoms with van der Waals surface area (Å²) in [4.78, 5) is 0. The highest BCUT2D eigenvalue weighted by atomic mass is 35.5. The number of anilines is 1. The van der Waals surface area contributed by atoms with Gasteiger partial charge in [0.05, 0.1) is 16.8 Å². The molecule has 1 N–H and O–H groups in total. The van der Waals surface area contributed by atoms with Gasteiger partial charge < -0.3 is 10.1 Å². The van der Waals surface area contributed by atoms with Gasteiger partial charge in [-0.3, -0.25) is 0 Å². The number of nitrogens with one attached hydrogen (secondary N) is 1. The van der Waals surface area contributed by atoms with Crippen molar-refractivity contribution >= 4 is 28.9 Å². The van der Waals surface area contributed by atoms with Crippen molar-refractivity contribution in [2.75, 3.05) is 11.9 Å². The van der Waals surface area contributed by atoms with Crippen molar-refractivity contribution in [3.8, 4) is 0 Å². The lowest BCUT2D eigenvalue weighted by molar-refractivity contribution is -0.134. The average Bonchev–Trinajstić information content (AvgIpc) is 2.49. The van der Waals surface area contributed by atoms with Crippen LogP contribution >= 0.6 is 23.2 Å². The van der Waals surface area contributed by atoms with Crippen molar-refractivity contribution in [3.63, 3.8) is 0 Å². The molecule has 0 bridgehead atoms. The standard InChI is InChI=1S/C17H23Cl2NO/c1-2-21-16-11-15(17(16)8-4-3-5-9-17)20-14-7-6-12(18)10-13(14)19/h6-7,10,15-16,20H,2-5,8-9,11H2,1H3. The summed E-state index contributed by atoms with van der Waals surface area (Å²) in [5.41, 5.74) is 1.29. The van der Waals surface area contributed by atoms with E-state index in [2.05, 4.69) is 12.2 Å². The number of rotatable bonds is 4. The summed E-state index contributed by atoms with van der Waals surface area (Å²) in [6.07, 6.45) is 8.00. The Hall–Kier alpha value is -0.440. The Morgan fingerprint density at radius 2 is 2.00 bits per heavy atom. The highest BCUT2D eigenvalue weighted by Crippen LogP contribution is 2.54. The van der Waals surface area contributed by atoms with Crippen LogP contribution < -0.4 is 5.32 Å². The average molecular weight is 328 g/mol. The minimum absolute atomic E-state index is 0.303. The maximum absolute atomic E-state index is 6.30. The van der Waals surface area contributed by atoms with Crippen LogP contribution in [0.4, 0.5) is 5.69 Å². The van der Waals surface area contributed by atoms with Crippen molar-refractivity contribution in [2.24, 2.45) is 5.41 Å². The normalized spacial score (nSPS) is 27.4. The van der Waals surface area contributed by atoms with Crippen LogP contribution in [0.25, 0.3) is 0 Å². The first kappa shape index (κ1) is 15.5. The fraction of sp³-hybridized carbons (Fsp3) is 0.647. The molecule has 2 atom stereocenters. The second kappa shape index (κ2) is 6.36. The van der Waals surface area contributed by atoms with Crippen LogP contribution in [0.3, 0.4) is 0 Å². The summed E-state index contributed by atoms with van der Waals surface area (Å²) in [6.45, 7) is 2.90. The molecule has 2 fully saturated rings. The summed E-state index contributed by atoms with van der Waals surface area (Å²) in [6, 6.07) is 6.14. The van der Waals surface area contributed by atoms with Crippen molar-refractivity contribution in [1.82, 2.24) is 0 Å². The van der Waals surface area contributed by atoms with E-state index in [9.17, 15) is 0 Å². The third-order valence-electron chi connectivity index (χ3n) is 5.20. The lowest BCUT2D eigenvalue weighted by atomic mass is 9.55. The van der Waals surface area contributed by atoms with Crippen LogP contribution in [0.5, 0.6) is 0 Å². The molecule has 2 aliphatic rings. The highest BCUT2D eigenvalue weighted by Gasteiger charge is 2.55. The number of hydrogen-bond acceptors (Lipinski definition) is 2. The summed E-state index contributed by atoms with van der Waals surface area (Å²) < 4.78 is 5.99. The van der Waals surface area contributed by atoms with Gasteiger partial charge in [0, 0.05) is 23.1 Å². The molecule has 0 saturated heterocycles. The fourth-order valence-corrected chi connectivity index (χ4v) is 4.52. The monoisotopic (exact) mass is 327 g/mol. The minimum atomic E-state index is 0.303. The third-order valence-corrected chi connectivity index (χ3v) is 5.75. The zero-order valence-electron chi connectivity index (χ0n) is 12.5. The van der Waals surface area contributed by atoms with Gasteiger partial charge in [-0.15, -0.1) is 0 Å². The Kier molecular flexibility index (Phi) is 4.68. The lowest BCUT2D eigenvalue weighted by Crippen LogP contribution is -2.62. The van der Waals surface area contributed by atoms with Gasteiger partial charge in [0.15, 0.2) is 0 Å². The molecule has 2 saturated carbocycles. The quantitative estimate of drug-likeness (QED) is 0.784. The van der Waals surface area contributed by atoms with E-state index < -0.39 is 0 Å². The van der Waals surface area contributed by atoms with E-state index in [1.54, 1.807) is 6.07 Å². The molecule has 0 amide bonds. The van der Waals surface area contributed by atoms with Crippen molar-refractivity contribution < 1.29 is 4.74 Å². The number of halogens is 2. The van der Waals surface area contributed by atoms with Crippen molar-refractivity contribution in [2.45, 2.75) is 57.6 Å². The molecule has 2 unspecified atom stereocenters. The largest absolute Gasteiger partial charge is 0.380 e. The third kappa shape index (κ3) is 2.91. The topological polar surface area (TPSA) is 21.3 Å². The van der Waals surface area contributed by atoms with Crippen LogP contribution in [0.1, 0.15) is 45.4 Å². The van der Waals surface area contributed by atoms with Gasteiger partial charge in [-0.25, -0.2) is 0 Å². The molecular weight excluding hydrogens is 305 g/mol. The van der Waals surface area contributed by atoms with Crippen LogP contribution in [-0.4, -0.2) is 18.8 Å². The second-order valence-corrected chi connectivity index (χ2v) is 7.14. The van der Waals surface area contributed by atoms with E-state index in [0.717, 1.165) is 18.7 Å². The Labute approximate surface area is 137 Å². The zero-order chi connectivity index (χ0) is 14.9. The first-order valence-corrected chi connectivity index (χ1v) is 8.74. The molecule has 116 valence electrons. The molecular formula is C17H23Cl2NO. The highest BCUT2D eigenvalue weighted by molar-refractivity contribution is 6.36. The Morgan fingerprint density at radius 1 is 1.24 bits per heavy atom. The predicted octanol–water partition coefficient (Wildman–Crippen LogP) is 5.53. The smallest absolute Gasteiger partial charge is 0.0670 e. The molecule has 1 aromatic carbocycles. The van der Waals surface area contributed by atoms with Gasteiger partial charge in [-0.1, -0.05) is 42.5 Å². The van der Waals surface area contributed by atoms with E-state index in [-0.39, 0.29) is 0 Å². The van der Waals surface area contributed by atoms with Crippen molar-refractivity contribution in [1.29, 1.82) is 0 Å². The molecule has 0 radical (unpaired) electrons. The summed E-state index contributed by atoms with van der Waals surface area (Å²) in [5.74, 6) is 0. The molecule has 3 rings (SSSR count). The van der Waals surface area contributed by atoms with Gasteiger partial charge in [-0.05, 0) is 44.4 Å². The maximum Gasteiger partial charge on any atom is 0.0670 e. The van der Waals surface area contributed by atoms with E-state index in [1.807, 2.05) is 12.1 Å². The van der Waals surface area contributed by atoms with E-state index in [4.69, 9.17) is 27.9 Å².